The van der Waals surface area contributed by atoms with Gasteiger partial charge >= 0.3 is 5.69 Å². The summed E-state index contributed by atoms with van der Waals surface area (Å²) in [5.74, 6) is -3.28. The molecule has 1 aliphatic heterocycles. The lowest BCUT2D eigenvalue weighted by atomic mass is 10.2. The van der Waals surface area contributed by atoms with Crippen LogP contribution in [0.3, 0.4) is 0 Å². The van der Waals surface area contributed by atoms with Gasteiger partial charge in [0.15, 0.2) is 0 Å². The van der Waals surface area contributed by atoms with E-state index in [9.17, 15) is 18.4 Å². The highest BCUT2D eigenvalue weighted by molar-refractivity contribution is 5.03. The van der Waals surface area contributed by atoms with Gasteiger partial charge in [-0.3, -0.25) is 14.3 Å². The van der Waals surface area contributed by atoms with Crippen LogP contribution >= 0.6 is 0 Å². The van der Waals surface area contributed by atoms with E-state index in [-0.39, 0.29) is 5.56 Å². The monoisotopic (exact) mass is 262 g/mol. The van der Waals surface area contributed by atoms with E-state index in [1.165, 1.54) is 6.92 Å². The van der Waals surface area contributed by atoms with Crippen molar-refractivity contribution in [2.75, 3.05) is 6.61 Å². The Hall–Kier alpha value is -1.54. The van der Waals surface area contributed by atoms with Gasteiger partial charge in [-0.1, -0.05) is 0 Å². The van der Waals surface area contributed by atoms with Gasteiger partial charge in [0, 0.05) is 18.2 Å². The van der Waals surface area contributed by atoms with Crippen LogP contribution in [0, 0.1) is 6.92 Å². The average molecular weight is 262 g/mol. The lowest BCUT2D eigenvalue weighted by Crippen LogP contribution is -2.38. The Morgan fingerprint density at radius 2 is 2.28 bits per heavy atom. The van der Waals surface area contributed by atoms with Crippen LogP contribution in [0.4, 0.5) is 8.78 Å². The number of aromatic amines is 1. The fourth-order valence-corrected chi connectivity index (χ4v) is 1.87. The summed E-state index contributed by atoms with van der Waals surface area (Å²) < 4.78 is 32.9. The highest BCUT2D eigenvalue weighted by atomic mass is 19.3. The van der Waals surface area contributed by atoms with E-state index in [4.69, 9.17) is 9.84 Å². The molecule has 0 saturated carbocycles. The summed E-state index contributed by atoms with van der Waals surface area (Å²) >= 11 is 0. The number of alkyl halides is 2. The van der Waals surface area contributed by atoms with E-state index in [0.717, 1.165) is 6.20 Å². The van der Waals surface area contributed by atoms with E-state index < -0.39 is 42.5 Å². The first kappa shape index (κ1) is 12.9. The second-order valence-electron chi connectivity index (χ2n) is 4.24. The largest absolute Gasteiger partial charge is 0.394 e. The SMILES string of the molecule is Cc1cn([C@@H]2O[C@H](CO)CC2(F)F)c(=O)[nH]c1=O. The number of hydrogen-bond acceptors (Lipinski definition) is 4. The van der Waals surface area contributed by atoms with Crippen molar-refractivity contribution in [2.24, 2.45) is 0 Å². The van der Waals surface area contributed by atoms with Crippen molar-refractivity contribution in [2.45, 2.75) is 31.6 Å². The molecule has 1 aromatic heterocycles. The molecule has 6 nitrogen and oxygen atoms in total. The second kappa shape index (κ2) is 4.29. The van der Waals surface area contributed by atoms with E-state index in [0.29, 0.717) is 4.57 Å². The molecule has 2 atom stereocenters. The second-order valence-corrected chi connectivity index (χ2v) is 4.24. The van der Waals surface area contributed by atoms with Crippen molar-refractivity contribution >= 4 is 0 Å². The van der Waals surface area contributed by atoms with Crippen LogP contribution in [0.15, 0.2) is 15.8 Å². The van der Waals surface area contributed by atoms with Gasteiger partial charge in [-0.25, -0.2) is 13.6 Å². The third kappa shape index (κ3) is 2.08. The van der Waals surface area contributed by atoms with Gasteiger partial charge < -0.3 is 9.84 Å². The highest BCUT2D eigenvalue weighted by Gasteiger charge is 2.51. The zero-order chi connectivity index (χ0) is 13.5. The maximum Gasteiger partial charge on any atom is 0.330 e. The van der Waals surface area contributed by atoms with Crippen LogP contribution in [-0.4, -0.2) is 33.3 Å². The Morgan fingerprint density at radius 3 is 2.83 bits per heavy atom. The number of hydrogen-bond donors (Lipinski definition) is 2. The molecule has 0 bridgehead atoms. The molecule has 2 N–H and O–H groups in total. The molecular weight excluding hydrogens is 250 g/mol. The van der Waals surface area contributed by atoms with Crippen molar-refractivity contribution in [3.63, 3.8) is 0 Å². The summed E-state index contributed by atoms with van der Waals surface area (Å²) in [6.45, 7) is 0.842. The van der Waals surface area contributed by atoms with Gasteiger partial charge in [0.1, 0.15) is 0 Å². The summed E-state index contributed by atoms with van der Waals surface area (Å²) in [5, 5.41) is 8.83. The predicted octanol–water partition coefficient (Wildman–Crippen LogP) is -0.240. The smallest absolute Gasteiger partial charge is 0.330 e. The molecule has 1 saturated heterocycles. The zero-order valence-corrected chi connectivity index (χ0v) is 9.52. The number of rotatable bonds is 2. The minimum absolute atomic E-state index is 0.126. The van der Waals surface area contributed by atoms with Crippen molar-refractivity contribution < 1.29 is 18.6 Å². The fraction of sp³-hybridized carbons (Fsp3) is 0.600. The fourth-order valence-electron chi connectivity index (χ4n) is 1.87. The Morgan fingerprint density at radius 1 is 1.61 bits per heavy atom. The lowest BCUT2D eigenvalue weighted by molar-refractivity contribution is -0.120. The molecule has 1 fully saturated rings. The Bertz CT molecular complexity index is 566. The molecule has 2 rings (SSSR count). The van der Waals surface area contributed by atoms with Crippen LogP contribution in [-0.2, 0) is 4.74 Å². The Kier molecular flexibility index (Phi) is 3.07. The maximum absolute atomic E-state index is 13.7. The van der Waals surface area contributed by atoms with Gasteiger partial charge in [0.2, 0.25) is 6.23 Å². The van der Waals surface area contributed by atoms with Gasteiger partial charge in [-0.15, -0.1) is 0 Å². The maximum atomic E-state index is 13.7. The number of nitrogens with one attached hydrogen (secondary N) is 1. The van der Waals surface area contributed by atoms with Crippen molar-refractivity contribution in [3.8, 4) is 0 Å². The molecule has 2 heterocycles. The predicted molar refractivity (Wildman–Crippen MR) is 56.6 cm³/mol. The zero-order valence-electron chi connectivity index (χ0n) is 9.52. The molecule has 0 spiro atoms. The van der Waals surface area contributed by atoms with Crippen LogP contribution in [0.2, 0.25) is 0 Å². The minimum Gasteiger partial charge on any atom is -0.394 e. The minimum atomic E-state index is -3.28. The van der Waals surface area contributed by atoms with Gasteiger partial charge in [-0.2, -0.15) is 0 Å². The van der Waals surface area contributed by atoms with Gasteiger partial charge in [0.05, 0.1) is 12.7 Å². The number of nitrogens with zero attached hydrogens (tertiary/aromatic N) is 1. The standard InChI is InChI=1S/C10H12F2N2O4/c1-5-3-14(9(17)13-7(5)16)8-10(11,12)2-6(4-15)18-8/h3,6,8,15H,2,4H2,1H3,(H,13,16,17)/t6-,8+/m0/s1. The van der Waals surface area contributed by atoms with Crippen LogP contribution in [0.1, 0.15) is 18.2 Å². The summed E-state index contributed by atoms with van der Waals surface area (Å²) in [4.78, 5) is 24.6. The topological polar surface area (TPSA) is 84.3 Å². The third-order valence-corrected chi connectivity index (χ3v) is 2.78. The number of halogens is 2. The molecule has 0 aromatic carbocycles. The number of aryl methyl sites for hydroxylation is 1. The summed E-state index contributed by atoms with van der Waals surface area (Å²) in [6, 6.07) is 0. The van der Waals surface area contributed by atoms with Gasteiger partial charge in [-0.05, 0) is 6.92 Å². The summed E-state index contributed by atoms with van der Waals surface area (Å²) in [5.41, 5.74) is -1.47. The van der Waals surface area contributed by atoms with Crippen molar-refractivity contribution in [1.82, 2.24) is 9.55 Å². The quantitative estimate of drug-likeness (QED) is 0.770. The summed E-state index contributed by atoms with van der Waals surface area (Å²) in [7, 11) is 0. The first-order valence-electron chi connectivity index (χ1n) is 5.31. The van der Waals surface area contributed by atoms with Crippen LogP contribution in [0.5, 0.6) is 0 Å². The average Bonchev–Trinajstić information content (AvgIpc) is 2.59. The van der Waals surface area contributed by atoms with E-state index in [1.54, 1.807) is 0 Å². The Balaban J connectivity index is 2.46. The van der Waals surface area contributed by atoms with Gasteiger partial charge in [0.25, 0.3) is 11.5 Å². The molecular formula is C10H12F2N2O4. The normalized spacial score (nSPS) is 26.4. The molecule has 1 aliphatic rings. The molecule has 0 unspecified atom stereocenters. The number of aliphatic hydroxyl groups is 1. The van der Waals surface area contributed by atoms with E-state index >= 15 is 0 Å². The van der Waals surface area contributed by atoms with E-state index in [2.05, 4.69) is 0 Å². The molecule has 0 amide bonds. The molecule has 0 aliphatic carbocycles. The Labute approximate surface area is 99.8 Å². The highest BCUT2D eigenvalue weighted by Crippen LogP contribution is 2.41. The first-order valence-corrected chi connectivity index (χ1v) is 5.31. The number of H-pyrrole nitrogens is 1. The first-order chi connectivity index (χ1) is 8.35. The van der Waals surface area contributed by atoms with Crippen molar-refractivity contribution in [3.05, 3.63) is 32.6 Å². The molecule has 1 aromatic rings. The number of aliphatic hydroxyl groups excluding tert-OH is 1. The molecule has 100 valence electrons. The summed E-state index contributed by atoms with van der Waals surface area (Å²) in [6.07, 6.45) is -2.47. The molecule has 0 radical (unpaired) electrons. The lowest BCUT2D eigenvalue weighted by Gasteiger charge is -2.19. The van der Waals surface area contributed by atoms with Crippen molar-refractivity contribution in [1.29, 1.82) is 0 Å². The number of ether oxygens (including phenoxy) is 1. The molecule has 8 heteroatoms. The molecule has 18 heavy (non-hydrogen) atoms. The van der Waals surface area contributed by atoms with Crippen LogP contribution < -0.4 is 11.2 Å². The van der Waals surface area contributed by atoms with Crippen LogP contribution in [0.25, 0.3) is 0 Å². The third-order valence-electron chi connectivity index (χ3n) is 2.78. The van der Waals surface area contributed by atoms with E-state index in [1.807, 2.05) is 4.98 Å². The number of aromatic nitrogens is 2.